The average Bonchev–Trinajstić information content (AvgIpc) is 2.40. The fourth-order valence-electron chi connectivity index (χ4n) is 2.38. The molecule has 0 spiro atoms. The number of hydrogen-bond acceptors (Lipinski definition) is 1. The summed E-state index contributed by atoms with van der Waals surface area (Å²) in [6.45, 7) is 0. The van der Waals surface area contributed by atoms with Crippen LogP contribution in [0.3, 0.4) is 0 Å². The summed E-state index contributed by atoms with van der Waals surface area (Å²) < 4.78 is 0. The number of hydrogen-bond donors (Lipinski definition) is 0. The van der Waals surface area contributed by atoms with E-state index in [4.69, 9.17) is 16.9 Å². The average molecular weight is 258 g/mol. The predicted octanol–water partition coefficient (Wildman–Crippen LogP) is 4.57. The highest BCUT2D eigenvalue weighted by atomic mass is 35.5. The van der Waals surface area contributed by atoms with Crippen LogP contribution in [0.25, 0.3) is 0 Å². The van der Waals surface area contributed by atoms with E-state index in [0.717, 1.165) is 12.8 Å². The van der Waals surface area contributed by atoms with Gasteiger partial charge in [-0.05, 0) is 18.4 Å². The van der Waals surface area contributed by atoms with Crippen molar-refractivity contribution in [3.8, 4) is 6.07 Å². The first kappa shape index (κ1) is 12.9. The van der Waals surface area contributed by atoms with Crippen molar-refractivity contribution in [2.75, 3.05) is 0 Å². The van der Waals surface area contributed by atoms with Gasteiger partial charge in [-0.1, -0.05) is 54.6 Å². The van der Waals surface area contributed by atoms with Gasteiger partial charge < -0.3 is 0 Å². The molecule has 1 aliphatic rings. The van der Waals surface area contributed by atoms with Gasteiger partial charge in [-0.2, -0.15) is 5.26 Å². The van der Waals surface area contributed by atoms with Gasteiger partial charge in [0.2, 0.25) is 0 Å². The molecule has 1 aliphatic carbocycles. The van der Waals surface area contributed by atoms with Crippen molar-refractivity contribution in [1.82, 2.24) is 0 Å². The van der Waals surface area contributed by atoms with Crippen molar-refractivity contribution >= 4 is 11.6 Å². The second-order valence-corrected chi connectivity index (χ2v) is 5.27. The van der Waals surface area contributed by atoms with Gasteiger partial charge in [0.15, 0.2) is 0 Å². The van der Waals surface area contributed by atoms with Gasteiger partial charge in [-0.15, -0.1) is 11.6 Å². The highest BCUT2D eigenvalue weighted by molar-refractivity contribution is 6.26. The fourth-order valence-corrected chi connectivity index (χ4v) is 2.79. The number of unbranched alkanes of at least 4 members (excludes halogenated alkanes) is 1. The largest absolute Gasteiger partial charge is 0.198 e. The van der Waals surface area contributed by atoms with Gasteiger partial charge >= 0.3 is 0 Å². The summed E-state index contributed by atoms with van der Waals surface area (Å²) in [5, 5.41) is 8.64. The molecular formula is C16H16ClN. The molecule has 0 fully saturated rings. The maximum atomic E-state index is 8.64. The Bertz CT molecular complexity index is 484. The maximum Gasteiger partial charge on any atom is 0.0732 e. The Balaban J connectivity index is 2.19. The van der Waals surface area contributed by atoms with Crippen LogP contribution in [-0.4, -0.2) is 4.87 Å². The van der Waals surface area contributed by atoms with E-state index in [1.165, 1.54) is 5.56 Å². The lowest BCUT2D eigenvalue weighted by Crippen LogP contribution is -2.28. The van der Waals surface area contributed by atoms with Crippen molar-refractivity contribution in [1.29, 1.82) is 5.26 Å². The van der Waals surface area contributed by atoms with Gasteiger partial charge in [0, 0.05) is 12.3 Å². The summed E-state index contributed by atoms with van der Waals surface area (Å²) in [7, 11) is 0. The van der Waals surface area contributed by atoms with E-state index in [1.54, 1.807) is 0 Å². The SMILES string of the molecule is N#CCCCC1(Cl)C=CC=CC1c1ccccc1. The number of nitrogens with zero attached hydrogens (tertiary/aromatic N) is 1. The molecule has 18 heavy (non-hydrogen) atoms. The Morgan fingerprint density at radius 2 is 2.00 bits per heavy atom. The molecule has 0 heterocycles. The third-order valence-corrected chi connectivity index (χ3v) is 3.86. The first-order valence-corrected chi connectivity index (χ1v) is 6.61. The standard InChI is InChI=1S/C16H16ClN/c17-16(12-6-7-13-18)11-5-4-10-15(16)14-8-2-1-3-9-14/h1-5,8-11,15H,6-7,12H2. The van der Waals surface area contributed by atoms with Crippen LogP contribution < -0.4 is 0 Å². The zero-order valence-corrected chi connectivity index (χ0v) is 11.0. The van der Waals surface area contributed by atoms with Gasteiger partial charge in [0.05, 0.1) is 10.9 Å². The normalized spacial score (nSPS) is 25.9. The molecule has 0 saturated heterocycles. The molecular weight excluding hydrogens is 242 g/mol. The molecule has 0 N–H and O–H groups in total. The monoisotopic (exact) mass is 257 g/mol. The van der Waals surface area contributed by atoms with E-state index >= 15 is 0 Å². The Labute approximate surface area is 113 Å². The van der Waals surface area contributed by atoms with Crippen molar-refractivity contribution < 1.29 is 0 Å². The molecule has 0 bridgehead atoms. The molecule has 0 aliphatic heterocycles. The van der Waals surface area contributed by atoms with Crippen molar-refractivity contribution in [3.05, 3.63) is 60.2 Å². The van der Waals surface area contributed by atoms with E-state index in [-0.39, 0.29) is 5.92 Å². The van der Waals surface area contributed by atoms with Gasteiger partial charge in [-0.25, -0.2) is 0 Å². The summed E-state index contributed by atoms with van der Waals surface area (Å²) in [4.78, 5) is -0.396. The lowest BCUT2D eigenvalue weighted by Gasteiger charge is -2.33. The minimum absolute atomic E-state index is 0.184. The summed E-state index contributed by atoms with van der Waals surface area (Å²) in [5.74, 6) is 0.184. The molecule has 92 valence electrons. The minimum atomic E-state index is -0.396. The van der Waals surface area contributed by atoms with Gasteiger partial charge in [0.25, 0.3) is 0 Å². The van der Waals surface area contributed by atoms with Crippen LogP contribution in [0.5, 0.6) is 0 Å². The highest BCUT2D eigenvalue weighted by Crippen LogP contribution is 2.42. The van der Waals surface area contributed by atoms with Gasteiger partial charge in [0.1, 0.15) is 0 Å². The topological polar surface area (TPSA) is 23.8 Å². The van der Waals surface area contributed by atoms with Gasteiger partial charge in [-0.3, -0.25) is 0 Å². The molecule has 0 amide bonds. The Morgan fingerprint density at radius 1 is 1.22 bits per heavy atom. The van der Waals surface area contributed by atoms with E-state index in [9.17, 15) is 0 Å². The predicted molar refractivity (Wildman–Crippen MR) is 75.5 cm³/mol. The number of benzene rings is 1. The third kappa shape index (κ3) is 2.83. The summed E-state index contributed by atoms with van der Waals surface area (Å²) in [6, 6.07) is 12.5. The van der Waals surface area contributed by atoms with Crippen molar-refractivity contribution in [3.63, 3.8) is 0 Å². The van der Waals surface area contributed by atoms with E-state index in [1.807, 2.05) is 30.4 Å². The fraction of sp³-hybridized carbons (Fsp3) is 0.312. The summed E-state index contributed by atoms with van der Waals surface area (Å²) >= 11 is 6.76. The first-order valence-electron chi connectivity index (χ1n) is 6.23. The van der Waals surface area contributed by atoms with Crippen molar-refractivity contribution in [2.45, 2.75) is 30.1 Å². The molecule has 2 unspecified atom stereocenters. The second-order valence-electron chi connectivity index (χ2n) is 4.57. The highest BCUT2D eigenvalue weighted by Gasteiger charge is 2.34. The van der Waals surface area contributed by atoms with Crippen molar-refractivity contribution in [2.24, 2.45) is 0 Å². The Hall–Kier alpha value is -1.52. The molecule has 2 rings (SSSR count). The molecule has 0 saturated carbocycles. The molecule has 1 aromatic carbocycles. The lowest BCUT2D eigenvalue weighted by molar-refractivity contribution is 0.550. The molecule has 2 heteroatoms. The van der Waals surface area contributed by atoms with Crippen LogP contribution in [0.15, 0.2) is 54.6 Å². The quantitative estimate of drug-likeness (QED) is 0.573. The van der Waals surface area contributed by atoms with Crippen LogP contribution in [0.4, 0.5) is 0 Å². The lowest BCUT2D eigenvalue weighted by atomic mass is 9.79. The van der Waals surface area contributed by atoms with E-state index in [2.05, 4.69) is 30.4 Å². The third-order valence-electron chi connectivity index (χ3n) is 3.31. The molecule has 1 nitrogen and oxygen atoms in total. The van der Waals surface area contributed by atoms with Crippen LogP contribution in [0, 0.1) is 11.3 Å². The number of halogens is 1. The zero-order chi connectivity index (χ0) is 12.8. The van der Waals surface area contributed by atoms with E-state index in [0.29, 0.717) is 6.42 Å². The number of allylic oxidation sites excluding steroid dienone is 4. The molecule has 0 aromatic heterocycles. The van der Waals surface area contributed by atoms with Crippen LogP contribution in [-0.2, 0) is 0 Å². The Kier molecular flexibility index (Phi) is 4.23. The molecule has 1 aromatic rings. The maximum absolute atomic E-state index is 8.64. The minimum Gasteiger partial charge on any atom is -0.198 e. The number of alkyl halides is 1. The van der Waals surface area contributed by atoms with Crippen LogP contribution in [0.1, 0.15) is 30.7 Å². The molecule has 2 atom stereocenters. The van der Waals surface area contributed by atoms with E-state index < -0.39 is 4.87 Å². The summed E-state index contributed by atoms with van der Waals surface area (Å²) in [5.41, 5.74) is 1.23. The van der Waals surface area contributed by atoms with Crippen LogP contribution >= 0.6 is 11.6 Å². The summed E-state index contributed by atoms with van der Waals surface area (Å²) in [6.07, 6.45) is 10.5. The van der Waals surface area contributed by atoms with Crippen LogP contribution in [0.2, 0.25) is 0 Å². The Morgan fingerprint density at radius 3 is 2.72 bits per heavy atom. The number of nitriles is 1. The first-order chi connectivity index (χ1) is 8.76. The second kappa shape index (κ2) is 5.89. The number of rotatable bonds is 4. The molecule has 0 radical (unpaired) electrons. The smallest absolute Gasteiger partial charge is 0.0732 e. The zero-order valence-electron chi connectivity index (χ0n) is 10.2.